The van der Waals surface area contributed by atoms with E-state index >= 15 is 0 Å². The van der Waals surface area contributed by atoms with E-state index in [0.717, 1.165) is 12.0 Å². The summed E-state index contributed by atoms with van der Waals surface area (Å²) in [5.74, 6) is 1.30. The predicted octanol–water partition coefficient (Wildman–Crippen LogP) is 2.28. The fourth-order valence-corrected chi connectivity index (χ4v) is 1.89. The molecule has 0 radical (unpaired) electrons. The van der Waals surface area contributed by atoms with E-state index in [-0.39, 0.29) is 5.91 Å². The lowest BCUT2D eigenvalue weighted by atomic mass is 9.96. The molecular weight excluding hydrogens is 300 g/mol. The number of carbonyl (C=O) groups excluding carboxylic acids is 1. The highest BCUT2D eigenvalue weighted by molar-refractivity contribution is 7.80. The SMILES string of the molecule is COc1ccc(CCNC(=S)NC(=O)C(C)(C)C)cc1OC. The van der Waals surface area contributed by atoms with Gasteiger partial charge in [-0.25, -0.2) is 0 Å². The first-order valence-electron chi connectivity index (χ1n) is 7.08. The molecule has 1 aromatic rings. The molecule has 1 aromatic carbocycles. The number of amides is 1. The van der Waals surface area contributed by atoms with Crippen molar-refractivity contribution in [3.05, 3.63) is 23.8 Å². The molecule has 0 aliphatic heterocycles. The second-order valence-electron chi connectivity index (χ2n) is 5.90. The van der Waals surface area contributed by atoms with Crippen LogP contribution in [0.3, 0.4) is 0 Å². The second kappa shape index (κ2) is 7.98. The number of thiocarbonyl (C=S) groups is 1. The van der Waals surface area contributed by atoms with Crippen LogP contribution in [0.5, 0.6) is 11.5 Å². The molecule has 6 heteroatoms. The lowest BCUT2D eigenvalue weighted by Gasteiger charge is -2.18. The van der Waals surface area contributed by atoms with Crippen molar-refractivity contribution in [2.45, 2.75) is 27.2 Å². The zero-order valence-electron chi connectivity index (χ0n) is 13.8. The zero-order valence-corrected chi connectivity index (χ0v) is 14.6. The average molecular weight is 324 g/mol. The second-order valence-corrected chi connectivity index (χ2v) is 6.31. The highest BCUT2D eigenvalue weighted by Crippen LogP contribution is 2.27. The van der Waals surface area contributed by atoms with E-state index in [4.69, 9.17) is 21.7 Å². The first-order valence-corrected chi connectivity index (χ1v) is 7.49. The Morgan fingerprint density at radius 1 is 1.18 bits per heavy atom. The van der Waals surface area contributed by atoms with Gasteiger partial charge in [0, 0.05) is 12.0 Å². The molecule has 1 amide bonds. The van der Waals surface area contributed by atoms with Gasteiger partial charge in [-0.05, 0) is 36.3 Å². The largest absolute Gasteiger partial charge is 0.493 e. The number of nitrogens with one attached hydrogen (secondary N) is 2. The number of methoxy groups -OCH3 is 2. The summed E-state index contributed by atoms with van der Waals surface area (Å²) in [6, 6.07) is 5.77. The van der Waals surface area contributed by atoms with E-state index in [0.29, 0.717) is 23.2 Å². The summed E-state index contributed by atoms with van der Waals surface area (Å²) < 4.78 is 10.5. The molecule has 22 heavy (non-hydrogen) atoms. The van der Waals surface area contributed by atoms with Crippen LogP contribution >= 0.6 is 12.2 Å². The van der Waals surface area contributed by atoms with Crippen molar-refractivity contribution in [2.24, 2.45) is 5.41 Å². The first-order chi connectivity index (χ1) is 10.3. The van der Waals surface area contributed by atoms with Crippen LogP contribution in [0.4, 0.5) is 0 Å². The van der Waals surface area contributed by atoms with E-state index in [1.54, 1.807) is 14.2 Å². The van der Waals surface area contributed by atoms with Crippen molar-refractivity contribution in [2.75, 3.05) is 20.8 Å². The van der Waals surface area contributed by atoms with E-state index in [1.807, 2.05) is 39.0 Å². The van der Waals surface area contributed by atoms with E-state index in [2.05, 4.69) is 10.6 Å². The maximum Gasteiger partial charge on any atom is 0.231 e. The highest BCUT2D eigenvalue weighted by atomic mass is 32.1. The maximum atomic E-state index is 11.8. The molecule has 0 heterocycles. The molecule has 0 aliphatic carbocycles. The summed E-state index contributed by atoms with van der Waals surface area (Å²) in [4.78, 5) is 11.8. The van der Waals surface area contributed by atoms with Gasteiger partial charge in [-0.1, -0.05) is 26.8 Å². The molecular formula is C16H24N2O3S. The zero-order chi connectivity index (χ0) is 16.8. The molecule has 0 atom stereocenters. The van der Waals surface area contributed by atoms with Crippen molar-refractivity contribution in [1.82, 2.24) is 10.6 Å². The minimum Gasteiger partial charge on any atom is -0.493 e. The number of ether oxygens (including phenoxy) is 2. The van der Waals surface area contributed by atoms with Gasteiger partial charge in [-0.3, -0.25) is 4.79 Å². The molecule has 2 N–H and O–H groups in total. The molecule has 0 saturated carbocycles. The van der Waals surface area contributed by atoms with Gasteiger partial charge in [0.05, 0.1) is 14.2 Å². The number of carbonyl (C=O) groups is 1. The Hall–Kier alpha value is -1.82. The lowest BCUT2D eigenvalue weighted by Crippen LogP contribution is -2.44. The van der Waals surface area contributed by atoms with Crippen molar-refractivity contribution in [3.63, 3.8) is 0 Å². The number of hydrogen-bond acceptors (Lipinski definition) is 4. The Balaban J connectivity index is 2.47. The maximum absolute atomic E-state index is 11.8. The molecule has 0 aromatic heterocycles. The van der Waals surface area contributed by atoms with Crippen molar-refractivity contribution >= 4 is 23.2 Å². The standard InChI is InChI=1S/C16H24N2O3S/c1-16(2,3)14(19)18-15(22)17-9-8-11-6-7-12(20-4)13(10-11)21-5/h6-7,10H,8-9H2,1-5H3,(H2,17,18,19,22). The Bertz CT molecular complexity index is 539. The summed E-state index contributed by atoms with van der Waals surface area (Å²) in [5, 5.41) is 6.06. The van der Waals surface area contributed by atoms with E-state index < -0.39 is 5.41 Å². The van der Waals surface area contributed by atoms with Crippen LogP contribution < -0.4 is 20.1 Å². The fourth-order valence-electron chi connectivity index (χ4n) is 1.69. The predicted molar refractivity (Wildman–Crippen MR) is 91.4 cm³/mol. The summed E-state index contributed by atoms with van der Waals surface area (Å²) >= 11 is 5.11. The van der Waals surface area contributed by atoms with Gasteiger partial charge in [0.15, 0.2) is 16.6 Å². The highest BCUT2D eigenvalue weighted by Gasteiger charge is 2.21. The summed E-state index contributed by atoms with van der Waals surface area (Å²) in [6.07, 6.45) is 0.756. The van der Waals surface area contributed by atoms with Crippen LogP contribution in [-0.2, 0) is 11.2 Å². The van der Waals surface area contributed by atoms with Crippen molar-refractivity contribution in [3.8, 4) is 11.5 Å². The Morgan fingerprint density at radius 2 is 1.82 bits per heavy atom. The van der Waals surface area contributed by atoms with Gasteiger partial charge in [0.25, 0.3) is 0 Å². The molecule has 0 saturated heterocycles. The Kier molecular flexibility index (Phi) is 6.61. The molecule has 0 spiro atoms. The molecule has 0 fully saturated rings. The molecule has 122 valence electrons. The van der Waals surface area contributed by atoms with Gasteiger partial charge >= 0.3 is 0 Å². The topological polar surface area (TPSA) is 59.6 Å². The third-order valence-corrected chi connectivity index (χ3v) is 3.30. The van der Waals surface area contributed by atoms with Crippen LogP contribution in [0.1, 0.15) is 26.3 Å². The molecule has 0 aliphatic rings. The monoisotopic (exact) mass is 324 g/mol. The van der Waals surface area contributed by atoms with Gasteiger partial charge in [-0.2, -0.15) is 0 Å². The lowest BCUT2D eigenvalue weighted by molar-refractivity contribution is -0.126. The van der Waals surface area contributed by atoms with E-state index in [1.165, 1.54) is 0 Å². The third kappa shape index (κ3) is 5.52. The van der Waals surface area contributed by atoms with Gasteiger partial charge < -0.3 is 20.1 Å². The molecule has 0 unspecified atom stereocenters. The quantitative estimate of drug-likeness (QED) is 0.814. The van der Waals surface area contributed by atoms with Crippen LogP contribution in [0.15, 0.2) is 18.2 Å². The third-order valence-electron chi connectivity index (χ3n) is 3.06. The van der Waals surface area contributed by atoms with Crippen LogP contribution in [0, 0.1) is 5.41 Å². The van der Waals surface area contributed by atoms with Crippen LogP contribution in [0.2, 0.25) is 0 Å². The Morgan fingerprint density at radius 3 is 2.36 bits per heavy atom. The number of hydrogen-bond donors (Lipinski definition) is 2. The fraction of sp³-hybridized carbons (Fsp3) is 0.500. The average Bonchev–Trinajstić information content (AvgIpc) is 2.45. The summed E-state index contributed by atoms with van der Waals surface area (Å²) in [6.45, 7) is 6.15. The minimum absolute atomic E-state index is 0.101. The summed E-state index contributed by atoms with van der Waals surface area (Å²) in [5.41, 5.74) is 0.629. The minimum atomic E-state index is -0.463. The van der Waals surface area contributed by atoms with Gasteiger partial charge in [0.1, 0.15) is 0 Å². The smallest absolute Gasteiger partial charge is 0.231 e. The van der Waals surface area contributed by atoms with Gasteiger partial charge in [-0.15, -0.1) is 0 Å². The number of benzene rings is 1. The Labute approximate surface area is 137 Å². The summed E-state index contributed by atoms with van der Waals surface area (Å²) in [7, 11) is 3.21. The van der Waals surface area contributed by atoms with Crippen LogP contribution in [0.25, 0.3) is 0 Å². The van der Waals surface area contributed by atoms with Crippen molar-refractivity contribution in [1.29, 1.82) is 0 Å². The molecule has 0 bridgehead atoms. The van der Waals surface area contributed by atoms with Gasteiger partial charge in [0.2, 0.25) is 5.91 Å². The van der Waals surface area contributed by atoms with Crippen molar-refractivity contribution < 1.29 is 14.3 Å². The van der Waals surface area contributed by atoms with E-state index in [9.17, 15) is 4.79 Å². The molecule has 5 nitrogen and oxygen atoms in total. The number of rotatable bonds is 5. The first kappa shape index (κ1) is 18.2. The molecule has 1 rings (SSSR count). The normalized spacial score (nSPS) is 10.8. The van der Waals surface area contributed by atoms with Crippen LogP contribution in [-0.4, -0.2) is 31.8 Å².